The first-order chi connectivity index (χ1) is 5.75. The van der Waals surface area contributed by atoms with Gasteiger partial charge in [-0.2, -0.15) is 0 Å². The van der Waals surface area contributed by atoms with Crippen molar-refractivity contribution in [2.24, 2.45) is 0 Å². The Labute approximate surface area is 70.9 Å². The molecule has 12 heavy (non-hydrogen) atoms. The molecule has 1 aromatic rings. The van der Waals surface area contributed by atoms with Gasteiger partial charge in [-0.1, -0.05) is 6.92 Å². The summed E-state index contributed by atoms with van der Waals surface area (Å²) in [5, 5.41) is 10.6. The minimum atomic E-state index is 0.251. The number of hydrogen-bond donors (Lipinski definition) is 3. The van der Waals surface area contributed by atoms with Crippen LogP contribution in [0.5, 0.6) is 0 Å². The van der Waals surface area contributed by atoms with Crippen LogP contribution in [0, 0.1) is 0 Å². The van der Waals surface area contributed by atoms with Crippen molar-refractivity contribution in [3.8, 4) is 0 Å². The van der Waals surface area contributed by atoms with Gasteiger partial charge in [0.2, 0.25) is 5.95 Å². The summed E-state index contributed by atoms with van der Waals surface area (Å²) in [7, 11) is 0. The third-order valence-corrected chi connectivity index (χ3v) is 1.57. The van der Waals surface area contributed by atoms with Gasteiger partial charge < -0.3 is 16.9 Å². The summed E-state index contributed by atoms with van der Waals surface area (Å²) >= 11 is 0. The summed E-state index contributed by atoms with van der Waals surface area (Å²) in [4.78, 5) is 0. The van der Waals surface area contributed by atoms with E-state index >= 15 is 0 Å². The fourth-order valence-electron chi connectivity index (χ4n) is 0.885. The second-order valence-corrected chi connectivity index (χ2v) is 2.45. The number of nitrogens with two attached hydrogens (primary N) is 2. The molecule has 0 amide bonds. The number of likely N-dealkylation sites (N-methyl/N-ethyl adjacent to an activating group) is 1. The van der Waals surface area contributed by atoms with Crippen LogP contribution in [-0.2, 0) is 6.42 Å². The largest absolute Gasteiger partial charge is 0.366 e. The molecular formula is C6H14N6. The zero-order chi connectivity index (χ0) is 8.97. The molecule has 0 aliphatic carbocycles. The van der Waals surface area contributed by atoms with E-state index in [1.807, 2.05) is 6.92 Å². The summed E-state index contributed by atoms with van der Waals surface area (Å²) in [6.07, 6.45) is 0.745. The molecule has 0 aromatic carbocycles. The average molecular weight is 170 g/mol. The lowest BCUT2D eigenvalue weighted by Crippen LogP contribution is -2.21. The van der Waals surface area contributed by atoms with Gasteiger partial charge in [-0.25, -0.2) is 4.68 Å². The van der Waals surface area contributed by atoms with Crippen molar-refractivity contribution < 1.29 is 0 Å². The van der Waals surface area contributed by atoms with Gasteiger partial charge in [-0.3, -0.25) is 0 Å². The summed E-state index contributed by atoms with van der Waals surface area (Å²) < 4.78 is 1.30. The lowest BCUT2D eigenvalue weighted by atomic mass is 10.4. The molecule has 0 unspecified atom stereocenters. The maximum Gasteiger partial charge on any atom is 0.240 e. The van der Waals surface area contributed by atoms with Crippen molar-refractivity contribution >= 4 is 5.95 Å². The van der Waals surface area contributed by atoms with Gasteiger partial charge in [0.1, 0.15) is 0 Å². The molecule has 0 fully saturated rings. The Morgan fingerprint density at radius 2 is 2.25 bits per heavy atom. The van der Waals surface area contributed by atoms with E-state index in [1.165, 1.54) is 4.68 Å². The zero-order valence-electron chi connectivity index (χ0n) is 7.12. The maximum atomic E-state index is 5.52. The van der Waals surface area contributed by atoms with E-state index in [9.17, 15) is 0 Å². The summed E-state index contributed by atoms with van der Waals surface area (Å²) in [6.45, 7) is 3.82. The highest BCUT2D eigenvalue weighted by atomic mass is 15.4. The quantitative estimate of drug-likeness (QED) is 0.386. The van der Waals surface area contributed by atoms with Crippen LogP contribution in [0.2, 0.25) is 0 Å². The van der Waals surface area contributed by atoms with Crippen LogP contribution in [0.1, 0.15) is 12.7 Å². The predicted octanol–water partition coefficient (Wildman–Crippen LogP) is -1.27. The standard InChI is InChI=1S/C6H14N6/c1-2-9-4-3-5-10-11-6(7)12(5)8/h9H,2-4,8H2,1H3,(H2,7,11). The number of nitrogens with zero attached hydrogens (tertiary/aromatic N) is 3. The van der Waals surface area contributed by atoms with Crippen molar-refractivity contribution in [2.45, 2.75) is 13.3 Å². The summed E-state index contributed by atoms with van der Waals surface area (Å²) in [5.41, 5.74) is 5.39. The lowest BCUT2D eigenvalue weighted by molar-refractivity contribution is 0.683. The van der Waals surface area contributed by atoms with Crippen LogP contribution >= 0.6 is 0 Å². The van der Waals surface area contributed by atoms with E-state index in [2.05, 4.69) is 15.5 Å². The van der Waals surface area contributed by atoms with E-state index < -0.39 is 0 Å². The molecule has 5 N–H and O–H groups in total. The topological polar surface area (TPSA) is 94.8 Å². The van der Waals surface area contributed by atoms with Crippen LogP contribution in [0.4, 0.5) is 5.95 Å². The van der Waals surface area contributed by atoms with Crippen molar-refractivity contribution in [3.05, 3.63) is 5.82 Å². The van der Waals surface area contributed by atoms with Crippen LogP contribution in [0.25, 0.3) is 0 Å². The molecule has 0 aliphatic heterocycles. The molecule has 1 heterocycles. The molecule has 6 heteroatoms. The van der Waals surface area contributed by atoms with Crippen LogP contribution in [0.15, 0.2) is 0 Å². The Morgan fingerprint density at radius 3 is 2.75 bits per heavy atom. The first-order valence-electron chi connectivity index (χ1n) is 3.91. The minimum Gasteiger partial charge on any atom is -0.366 e. The molecule has 1 rings (SSSR count). The predicted molar refractivity (Wildman–Crippen MR) is 46.8 cm³/mol. The van der Waals surface area contributed by atoms with Gasteiger partial charge >= 0.3 is 0 Å². The number of nitrogens with one attached hydrogen (secondary N) is 1. The highest BCUT2D eigenvalue weighted by molar-refractivity contribution is 5.17. The Morgan fingerprint density at radius 1 is 1.50 bits per heavy atom. The molecule has 0 radical (unpaired) electrons. The van der Waals surface area contributed by atoms with Crippen molar-refractivity contribution in [1.82, 2.24) is 20.2 Å². The number of nitrogen functional groups attached to an aromatic ring is 2. The molecule has 0 aliphatic rings. The number of aromatic nitrogens is 3. The van der Waals surface area contributed by atoms with Crippen LogP contribution < -0.4 is 16.9 Å². The van der Waals surface area contributed by atoms with Gasteiger partial charge in [0.25, 0.3) is 0 Å². The SMILES string of the molecule is CCNCCc1nnc(N)n1N. The van der Waals surface area contributed by atoms with Gasteiger partial charge in [-0.15, -0.1) is 10.2 Å². The third kappa shape index (κ3) is 1.85. The Bertz CT molecular complexity index is 242. The Kier molecular flexibility index (Phi) is 2.87. The summed E-state index contributed by atoms with van der Waals surface area (Å²) in [5.74, 6) is 6.48. The molecule has 0 spiro atoms. The number of hydrogen-bond acceptors (Lipinski definition) is 5. The van der Waals surface area contributed by atoms with Crippen LogP contribution in [0.3, 0.4) is 0 Å². The van der Waals surface area contributed by atoms with Crippen molar-refractivity contribution in [3.63, 3.8) is 0 Å². The Balaban J connectivity index is 2.46. The van der Waals surface area contributed by atoms with Crippen LogP contribution in [-0.4, -0.2) is 28.0 Å². The maximum absolute atomic E-state index is 5.52. The van der Waals surface area contributed by atoms with Gasteiger partial charge in [0, 0.05) is 13.0 Å². The second kappa shape index (κ2) is 3.91. The molecule has 0 saturated heterocycles. The molecule has 0 atom stereocenters. The van der Waals surface area contributed by atoms with E-state index in [-0.39, 0.29) is 5.95 Å². The fourth-order valence-corrected chi connectivity index (χ4v) is 0.885. The summed E-state index contributed by atoms with van der Waals surface area (Å²) in [6, 6.07) is 0. The zero-order valence-corrected chi connectivity index (χ0v) is 7.12. The monoisotopic (exact) mass is 170 g/mol. The van der Waals surface area contributed by atoms with E-state index in [0.717, 1.165) is 19.5 Å². The number of rotatable bonds is 4. The van der Waals surface area contributed by atoms with Crippen molar-refractivity contribution in [2.75, 3.05) is 24.7 Å². The normalized spacial score (nSPS) is 10.4. The van der Waals surface area contributed by atoms with Gasteiger partial charge in [0.05, 0.1) is 0 Å². The smallest absolute Gasteiger partial charge is 0.240 e. The van der Waals surface area contributed by atoms with Gasteiger partial charge in [-0.05, 0) is 6.54 Å². The average Bonchev–Trinajstić information content (AvgIpc) is 2.36. The molecule has 1 aromatic heterocycles. The second-order valence-electron chi connectivity index (χ2n) is 2.45. The molecule has 68 valence electrons. The number of anilines is 1. The van der Waals surface area contributed by atoms with Gasteiger partial charge in [0.15, 0.2) is 5.82 Å². The molecule has 0 bridgehead atoms. The Hall–Kier alpha value is -1.30. The van der Waals surface area contributed by atoms with E-state index in [1.54, 1.807) is 0 Å². The molecule has 0 saturated carbocycles. The molecular weight excluding hydrogens is 156 g/mol. The fraction of sp³-hybridized carbons (Fsp3) is 0.667. The highest BCUT2D eigenvalue weighted by Crippen LogP contribution is 1.96. The van der Waals surface area contributed by atoms with E-state index in [4.69, 9.17) is 11.6 Å². The van der Waals surface area contributed by atoms with E-state index in [0.29, 0.717) is 5.82 Å². The third-order valence-electron chi connectivity index (χ3n) is 1.57. The van der Waals surface area contributed by atoms with Crippen molar-refractivity contribution in [1.29, 1.82) is 0 Å². The molecule has 6 nitrogen and oxygen atoms in total. The lowest BCUT2D eigenvalue weighted by Gasteiger charge is -2.00. The first kappa shape index (κ1) is 8.79. The first-order valence-corrected chi connectivity index (χ1v) is 3.91. The highest BCUT2D eigenvalue weighted by Gasteiger charge is 2.04. The minimum absolute atomic E-state index is 0.251.